The lowest BCUT2D eigenvalue weighted by Crippen LogP contribution is -2.21. The number of hydrogen-bond acceptors (Lipinski definition) is 5. The Bertz CT molecular complexity index is 955. The van der Waals surface area contributed by atoms with Crippen molar-refractivity contribution in [3.8, 4) is 11.4 Å². The molecule has 0 radical (unpaired) electrons. The lowest BCUT2D eigenvalue weighted by Gasteiger charge is -2.22. The molecule has 0 aliphatic carbocycles. The van der Waals surface area contributed by atoms with Crippen molar-refractivity contribution in [1.82, 2.24) is 10.1 Å². The van der Waals surface area contributed by atoms with Gasteiger partial charge in [-0.05, 0) is 30.7 Å². The lowest BCUT2D eigenvalue weighted by molar-refractivity contribution is -0.159. The molecule has 134 valence electrons. The van der Waals surface area contributed by atoms with Crippen molar-refractivity contribution in [2.24, 2.45) is 0 Å². The molecule has 2 heterocycles. The summed E-state index contributed by atoms with van der Waals surface area (Å²) in [5, 5.41) is 3.47. The van der Waals surface area contributed by atoms with Crippen LogP contribution in [-0.4, -0.2) is 16.7 Å². The average molecular weight is 377 g/mol. The highest BCUT2D eigenvalue weighted by Gasteiger charge is 2.38. The van der Waals surface area contributed by atoms with E-state index in [0.29, 0.717) is 5.56 Å². The van der Waals surface area contributed by atoms with E-state index in [1.165, 1.54) is 0 Å². The molecular weight excluding hydrogens is 363 g/mol. The normalized spacial score (nSPS) is 13.9. The van der Waals surface area contributed by atoms with Crippen molar-refractivity contribution in [2.75, 3.05) is 11.4 Å². The minimum atomic E-state index is -4.65. The van der Waals surface area contributed by atoms with E-state index in [1.807, 2.05) is 30.3 Å². The predicted molar refractivity (Wildman–Crippen MR) is 92.0 cm³/mol. The van der Waals surface area contributed by atoms with E-state index < -0.39 is 12.1 Å². The largest absolute Gasteiger partial charge is 0.471 e. The minimum Gasteiger partial charge on any atom is -0.367 e. The van der Waals surface area contributed by atoms with Crippen LogP contribution in [-0.2, 0) is 12.7 Å². The van der Waals surface area contributed by atoms with Crippen LogP contribution in [0.15, 0.2) is 56.8 Å². The number of anilines is 1. The Kier molecular flexibility index (Phi) is 4.14. The van der Waals surface area contributed by atoms with Crippen molar-refractivity contribution < 1.29 is 17.7 Å². The third-order valence-corrected chi connectivity index (χ3v) is 5.33. The van der Waals surface area contributed by atoms with Crippen LogP contribution in [0.2, 0.25) is 0 Å². The van der Waals surface area contributed by atoms with Gasteiger partial charge in [0.25, 0.3) is 0 Å². The van der Waals surface area contributed by atoms with Crippen LogP contribution in [0.3, 0.4) is 0 Å². The van der Waals surface area contributed by atoms with Crippen molar-refractivity contribution in [2.45, 2.75) is 29.4 Å². The number of alkyl halides is 3. The van der Waals surface area contributed by atoms with Crippen molar-refractivity contribution in [3.05, 3.63) is 53.9 Å². The smallest absolute Gasteiger partial charge is 0.367 e. The van der Waals surface area contributed by atoms with E-state index in [2.05, 4.69) is 32.6 Å². The Morgan fingerprint density at radius 1 is 1.15 bits per heavy atom. The van der Waals surface area contributed by atoms with E-state index in [9.17, 15) is 13.2 Å². The van der Waals surface area contributed by atoms with Gasteiger partial charge in [-0.25, -0.2) is 0 Å². The number of benzene rings is 2. The zero-order chi connectivity index (χ0) is 18.3. The van der Waals surface area contributed by atoms with Gasteiger partial charge in [0.15, 0.2) is 0 Å². The second-order valence-corrected chi connectivity index (χ2v) is 6.91. The van der Waals surface area contributed by atoms with Crippen molar-refractivity contribution >= 4 is 17.4 Å². The SMILES string of the molecule is CCN1Cc2ccc(-c3noc(C(F)(F)F)n3)cc2Sc2ccccc21. The molecule has 0 unspecified atom stereocenters. The zero-order valence-electron chi connectivity index (χ0n) is 13.7. The molecule has 0 N–H and O–H groups in total. The van der Waals surface area contributed by atoms with Crippen LogP contribution < -0.4 is 4.90 Å². The Morgan fingerprint density at radius 2 is 1.96 bits per heavy atom. The molecule has 2 aromatic carbocycles. The fraction of sp³-hybridized carbons (Fsp3) is 0.222. The van der Waals surface area contributed by atoms with Crippen molar-refractivity contribution in [3.63, 3.8) is 0 Å². The number of aromatic nitrogens is 2. The van der Waals surface area contributed by atoms with Gasteiger partial charge < -0.3 is 9.42 Å². The van der Waals surface area contributed by atoms with Crippen LogP contribution in [0.4, 0.5) is 18.9 Å². The Balaban J connectivity index is 1.74. The molecule has 0 atom stereocenters. The van der Waals surface area contributed by atoms with Crippen LogP contribution >= 0.6 is 11.8 Å². The van der Waals surface area contributed by atoms with E-state index in [4.69, 9.17) is 0 Å². The molecule has 26 heavy (non-hydrogen) atoms. The number of hydrogen-bond donors (Lipinski definition) is 0. The first kappa shape index (κ1) is 17.0. The molecule has 3 aromatic rings. The van der Waals surface area contributed by atoms with Gasteiger partial charge in [0, 0.05) is 28.4 Å². The zero-order valence-corrected chi connectivity index (χ0v) is 14.6. The standard InChI is InChI=1S/C18H14F3N3OS/c1-2-24-10-12-8-7-11(16-22-17(25-23-16)18(19,20)21)9-15(12)26-14-6-4-3-5-13(14)24/h3-9H,2,10H2,1H3. The molecule has 4 nitrogen and oxygen atoms in total. The molecule has 1 aliphatic heterocycles. The summed E-state index contributed by atoms with van der Waals surface area (Å²) in [6, 6.07) is 13.6. The molecule has 0 amide bonds. The van der Waals surface area contributed by atoms with Gasteiger partial charge in [-0.15, -0.1) is 0 Å². The highest BCUT2D eigenvalue weighted by atomic mass is 32.2. The van der Waals surface area contributed by atoms with Crippen LogP contribution in [0.5, 0.6) is 0 Å². The van der Waals surface area contributed by atoms with Gasteiger partial charge >= 0.3 is 12.1 Å². The monoisotopic (exact) mass is 377 g/mol. The molecule has 0 saturated heterocycles. The summed E-state index contributed by atoms with van der Waals surface area (Å²) in [7, 11) is 0. The average Bonchev–Trinajstić information content (AvgIpc) is 3.06. The highest BCUT2D eigenvalue weighted by molar-refractivity contribution is 7.99. The predicted octanol–water partition coefficient (Wildman–Crippen LogP) is 5.25. The summed E-state index contributed by atoms with van der Waals surface area (Å²) in [6.45, 7) is 3.69. The number of rotatable bonds is 2. The summed E-state index contributed by atoms with van der Waals surface area (Å²) in [4.78, 5) is 7.83. The number of halogens is 3. The molecule has 0 spiro atoms. The Labute approximate surface area is 152 Å². The van der Waals surface area contributed by atoms with E-state index in [1.54, 1.807) is 17.8 Å². The Hall–Kier alpha value is -2.48. The van der Waals surface area contributed by atoms with Gasteiger partial charge in [0.2, 0.25) is 5.82 Å². The third-order valence-electron chi connectivity index (χ3n) is 4.16. The van der Waals surface area contributed by atoms with E-state index in [-0.39, 0.29) is 5.82 Å². The molecule has 1 aromatic heterocycles. The maximum absolute atomic E-state index is 12.7. The summed E-state index contributed by atoms with van der Waals surface area (Å²) >= 11 is 1.59. The first-order valence-electron chi connectivity index (χ1n) is 8.01. The highest BCUT2D eigenvalue weighted by Crippen LogP contribution is 2.42. The van der Waals surface area contributed by atoms with Crippen LogP contribution in [0, 0.1) is 0 Å². The molecule has 8 heteroatoms. The third kappa shape index (κ3) is 3.05. The van der Waals surface area contributed by atoms with Gasteiger partial charge in [-0.2, -0.15) is 18.2 Å². The maximum Gasteiger partial charge on any atom is 0.471 e. The lowest BCUT2D eigenvalue weighted by atomic mass is 10.1. The summed E-state index contributed by atoms with van der Waals surface area (Å²) in [5.41, 5.74) is 2.76. The van der Waals surface area contributed by atoms with Gasteiger partial charge in [0.1, 0.15) is 0 Å². The topological polar surface area (TPSA) is 42.2 Å². The second kappa shape index (κ2) is 6.35. The molecule has 0 bridgehead atoms. The molecular formula is C18H14F3N3OS. The van der Waals surface area contributed by atoms with E-state index in [0.717, 1.165) is 34.1 Å². The van der Waals surface area contributed by atoms with Gasteiger partial charge in [0.05, 0.1) is 5.69 Å². The first-order valence-corrected chi connectivity index (χ1v) is 8.83. The van der Waals surface area contributed by atoms with Crippen LogP contribution in [0.1, 0.15) is 18.4 Å². The van der Waals surface area contributed by atoms with Gasteiger partial charge in [-0.3, -0.25) is 0 Å². The Morgan fingerprint density at radius 3 is 2.69 bits per heavy atom. The molecule has 4 rings (SSSR count). The minimum absolute atomic E-state index is 0.0643. The molecule has 1 aliphatic rings. The van der Waals surface area contributed by atoms with E-state index >= 15 is 0 Å². The number of para-hydroxylation sites is 1. The van der Waals surface area contributed by atoms with Crippen molar-refractivity contribution in [1.29, 1.82) is 0 Å². The fourth-order valence-electron chi connectivity index (χ4n) is 2.87. The number of fused-ring (bicyclic) bond motifs is 2. The summed E-state index contributed by atoms with van der Waals surface area (Å²) in [5.74, 6) is -1.40. The molecule has 0 saturated carbocycles. The first-order chi connectivity index (χ1) is 12.5. The maximum atomic E-state index is 12.7. The van der Waals surface area contributed by atoms with Gasteiger partial charge in [-0.1, -0.05) is 41.2 Å². The summed E-state index contributed by atoms with van der Waals surface area (Å²) < 4.78 is 42.4. The van der Waals surface area contributed by atoms with Crippen LogP contribution in [0.25, 0.3) is 11.4 Å². The second-order valence-electron chi connectivity index (χ2n) is 5.83. The molecule has 0 fully saturated rings. The number of nitrogens with zero attached hydrogens (tertiary/aromatic N) is 3. The summed E-state index contributed by atoms with van der Waals surface area (Å²) in [6.07, 6.45) is -4.65. The fourth-order valence-corrected chi connectivity index (χ4v) is 4.01. The quantitative estimate of drug-likeness (QED) is 0.610.